The lowest BCUT2D eigenvalue weighted by Gasteiger charge is -2.33. The van der Waals surface area contributed by atoms with Gasteiger partial charge in [0, 0.05) is 18.7 Å². The average molecular weight is 276 g/mol. The molecule has 0 atom stereocenters. The summed E-state index contributed by atoms with van der Waals surface area (Å²) in [7, 11) is 0. The Morgan fingerprint density at radius 3 is 2.55 bits per heavy atom. The van der Waals surface area contributed by atoms with Gasteiger partial charge in [0.15, 0.2) is 0 Å². The summed E-state index contributed by atoms with van der Waals surface area (Å²) in [5.74, 6) is -0.216. The van der Waals surface area contributed by atoms with Gasteiger partial charge >= 0.3 is 0 Å². The van der Waals surface area contributed by atoms with Crippen LogP contribution in [0, 0.1) is 10.1 Å². The van der Waals surface area contributed by atoms with E-state index in [1.807, 2.05) is 6.92 Å². The molecule has 5 nitrogen and oxygen atoms in total. The second kappa shape index (κ2) is 6.50. The van der Waals surface area contributed by atoms with Crippen LogP contribution in [-0.2, 0) is 0 Å². The largest absolute Gasteiger partial charge is 0.336 e. The van der Waals surface area contributed by atoms with E-state index >= 15 is 0 Å². The Hall–Kier alpha value is -1.91. The lowest BCUT2D eigenvalue weighted by atomic mass is 9.93. The molecule has 0 heterocycles. The van der Waals surface area contributed by atoms with Crippen LogP contribution in [0.3, 0.4) is 0 Å². The van der Waals surface area contributed by atoms with Crippen LogP contribution in [0.25, 0.3) is 0 Å². The van der Waals surface area contributed by atoms with Crippen LogP contribution < -0.4 is 0 Å². The maximum atomic E-state index is 12.6. The average Bonchev–Trinajstić information content (AvgIpc) is 2.49. The van der Waals surface area contributed by atoms with Crippen LogP contribution >= 0.6 is 0 Å². The van der Waals surface area contributed by atoms with Crippen LogP contribution in [0.4, 0.5) is 5.69 Å². The maximum absolute atomic E-state index is 12.6. The van der Waals surface area contributed by atoms with Crippen molar-refractivity contribution in [2.24, 2.45) is 0 Å². The third kappa shape index (κ3) is 2.98. The monoisotopic (exact) mass is 276 g/mol. The topological polar surface area (TPSA) is 63.5 Å². The summed E-state index contributed by atoms with van der Waals surface area (Å²) >= 11 is 0. The highest BCUT2D eigenvalue weighted by Crippen LogP contribution is 2.26. The first-order valence-corrected chi connectivity index (χ1v) is 7.19. The minimum absolute atomic E-state index is 0.105. The number of para-hydroxylation sites is 1. The molecule has 108 valence electrons. The first-order valence-electron chi connectivity index (χ1n) is 7.19. The van der Waals surface area contributed by atoms with Gasteiger partial charge in [-0.3, -0.25) is 14.9 Å². The number of nitro benzene ring substituents is 1. The molecule has 1 aliphatic carbocycles. The number of benzene rings is 1. The molecule has 0 aliphatic heterocycles. The zero-order valence-electron chi connectivity index (χ0n) is 11.7. The molecule has 1 aromatic carbocycles. The Labute approximate surface area is 118 Å². The molecule has 2 rings (SSSR count). The van der Waals surface area contributed by atoms with Crippen molar-refractivity contribution in [1.29, 1.82) is 0 Å². The summed E-state index contributed by atoms with van der Waals surface area (Å²) in [6.45, 7) is 2.52. The number of nitrogens with zero attached hydrogens (tertiary/aromatic N) is 2. The van der Waals surface area contributed by atoms with Gasteiger partial charge in [-0.1, -0.05) is 31.4 Å². The molecular formula is C15H20N2O3. The molecule has 1 saturated carbocycles. The van der Waals surface area contributed by atoms with Gasteiger partial charge in [0.05, 0.1) is 4.92 Å². The lowest BCUT2D eigenvalue weighted by molar-refractivity contribution is -0.385. The standard InChI is InChI=1S/C15H20N2O3/c1-2-16(12-8-4-3-5-9-12)15(18)13-10-6-7-11-14(13)17(19)20/h6-7,10-12H,2-5,8-9H2,1H3. The molecule has 0 radical (unpaired) electrons. The number of carbonyl (C=O) groups excluding carboxylic acids is 1. The normalized spacial score (nSPS) is 15.8. The van der Waals surface area contributed by atoms with Gasteiger partial charge in [-0.05, 0) is 25.8 Å². The molecule has 0 saturated heterocycles. The van der Waals surface area contributed by atoms with E-state index in [2.05, 4.69) is 0 Å². The van der Waals surface area contributed by atoms with Gasteiger partial charge in [-0.15, -0.1) is 0 Å². The van der Waals surface area contributed by atoms with Crippen molar-refractivity contribution >= 4 is 11.6 Å². The van der Waals surface area contributed by atoms with Gasteiger partial charge < -0.3 is 4.90 Å². The van der Waals surface area contributed by atoms with E-state index < -0.39 is 4.92 Å². The van der Waals surface area contributed by atoms with Crippen molar-refractivity contribution in [2.45, 2.75) is 45.1 Å². The third-order valence-electron chi connectivity index (χ3n) is 3.95. The highest BCUT2D eigenvalue weighted by Gasteiger charge is 2.28. The van der Waals surface area contributed by atoms with E-state index in [0.29, 0.717) is 6.54 Å². The molecule has 0 bridgehead atoms. The Balaban J connectivity index is 2.26. The zero-order valence-corrected chi connectivity index (χ0v) is 11.7. The first-order chi connectivity index (χ1) is 9.65. The quantitative estimate of drug-likeness (QED) is 0.625. The summed E-state index contributed by atoms with van der Waals surface area (Å²) in [6, 6.07) is 6.43. The number of hydrogen-bond donors (Lipinski definition) is 0. The fourth-order valence-electron chi connectivity index (χ4n) is 2.93. The van der Waals surface area contributed by atoms with Crippen molar-refractivity contribution in [2.75, 3.05) is 6.54 Å². The predicted octanol–water partition coefficient (Wildman–Crippen LogP) is 3.39. The molecule has 0 aromatic heterocycles. The minimum Gasteiger partial charge on any atom is -0.336 e. The van der Waals surface area contributed by atoms with E-state index in [-0.39, 0.29) is 23.2 Å². The highest BCUT2D eigenvalue weighted by molar-refractivity contribution is 5.98. The lowest BCUT2D eigenvalue weighted by Crippen LogP contribution is -2.41. The second-order valence-corrected chi connectivity index (χ2v) is 5.16. The van der Waals surface area contributed by atoms with Crippen LogP contribution in [0.2, 0.25) is 0 Å². The molecule has 5 heteroatoms. The van der Waals surface area contributed by atoms with E-state index in [0.717, 1.165) is 25.7 Å². The molecule has 0 spiro atoms. The number of rotatable bonds is 4. The van der Waals surface area contributed by atoms with Crippen molar-refractivity contribution in [3.63, 3.8) is 0 Å². The molecule has 1 aromatic rings. The SMILES string of the molecule is CCN(C(=O)c1ccccc1[N+](=O)[O-])C1CCCCC1. The molecule has 1 fully saturated rings. The van der Waals surface area contributed by atoms with Crippen LogP contribution in [0.1, 0.15) is 49.4 Å². The molecule has 0 N–H and O–H groups in total. The number of hydrogen-bond acceptors (Lipinski definition) is 3. The van der Waals surface area contributed by atoms with Crippen LogP contribution in [-0.4, -0.2) is 28.3 Å². The Morgan fingerprint density at radius 1 is 1.30 bits per heavy atom. The fourth-order valence-corrected chi connectivity index (χ4v) is 2.93. The van der Waals surface area contributed by atoms with Crippen molar-refractivity contribution in [3.05, 3.63) is 39.9 Å². The van der Waals surface area contributed by atoms with E-state index in [1.165, 1.54) is 12.5 Å². The van der Waals surface area contributed by atoms with E-state index in [4.69, 9.17) is 0 Å². The van der Waals surface area contributed by atoms with Gasteiger partial charge in [0.2, 0.25) is 0 Å². The number of carbonyl (C=O) groups is 1. The zero-order chi connectivity index (χ0) is 14.5. The molecule has 20 heavy (non-hydrogen) atoms. The first kappa shape index (κ1) is 14.5. The Kier molecular flexibility index (Phi) is 4.71. The molecule has 0 unspecified atom stereocenters. The number of amides is 1. The smallest absolute Gasteiger partial charge is 0.282 e. The molecular weight excluding hydrogens is 256 g/mol. The molecule has 1 amide bonds. The van der Waals surface area contributed by atoms with Gasteiger partial charge in [-0.2, -0.15) is 0 Å². The molecule has 1 aliphatic rings. The summed E-state index contributed by atoms with van der Waals surface area (Å²) in [4.78, 5) is 25.0. The third-order valence-corrected chi connectivity index (χ3v) is 3.95. The van der Waals surface area contributed by atoms with Crippen LogP contribution in [0.15, 0.2) is 24.3 Å². The summed E-state index contributed by atoms with van der Waals surface area (Å²) in [5.41, 5.74) is 0.0942. The van der Waals surface area contributed by atoms with Crippen molar-refractivity contribution < 1.29 is 9.72 Å². The minimum atomic E-state index is -0.484. The van der Waals surface area contributed by atoms with E-state index in [9.17, 15) is 14.9 Å². The predicted molar refractivity (Wildman–Crippen MR) is 76.7 cm³/mol. The van der Waals surface area contributed by atoms with Crippen molar-refractivity contribution in [3.8, 4) is 0 Å². The Morgan fingerprint density at radius 2 is 1.95 bits per heavy atom. The van der Waals surface area contributed by atoms with Crippen molar-refractivity contribution in [1.82, 2.24) is 4.90 Å². The second-order valence-electron chi connectivity index (χ2n) is 5.16. The summed E-state index contributed by atoms with van der Waals surface area (Å²) in [6.07, 6.45) is 5.48. The van der Waals surface area contributed by atoms with Gasteiger partial charge in [0.25, 0.3) is 11.6 Å². The Bertz CT molecular complexity index is 496. The highest BCUT2D eigenvalue weighted by atomic mass is 16.6. The summed E-state index contributed by atoms with van der Waals surface area (Å²) in [5, 5.41) is 11.0. The van der Waals surface area contributed by atoms with Gasteiger partial charge in [0.1, 0.15) is 5.56 Å². The van der Waals surface area contributed by atoms with Crippen LogP contribution in [0.5, 0.6) is 0 Å². The maximum Gasteiger partial charge on any atom is 0.282 e. The number of nitro groups is 1. The van der Waals surface area contributed by atoms with Gasteiger partial charge in [-0.25, -0.2) is 0 Å². The summed E-state index contributed by atoms with van der Waals surface area (Å²) < 4.78 is 0. The fraction of sp³-hybridized carbons (Fsp3) is 0.533. The van der Waals surface area contributed by atoms with E-state index in [1.54, 1.807) is 23.1 Å².